The van der Waals surface area contributed by atoms with Gasteiger partial charge in [-0.25, -0.2) is 4.39 Å². The van der Waals surface area contributed by atoms with Crippen LogP contribution in [-0.2, 0) is 22.7 Å². The van der Waals surface area contributed by atoms with Crippen LogP contribution in [0, 0.1) is 18.7 Å². The summed E-state index contributed by atoms with van der Waals surface area (Å²) in [6, 6.07) is 10.3. The SMILES string of the molecule is CC[C@@H](C)N(CC(=O)N(Cc1ccc(F)cc1)Cc1ccc(C)s1)C(=O)C(C)C. The molecule has 1 aromatic heterocycles. The lowest BCUT2D eigenvalue weighted by atomic mass is 10.1. The van der Waals surface area contributed by atoms with Crippen molar-refractivity contribution < 1.29 is 14.0 Å². The summed E-state index contributed by atoms with van der Waals surface area (Å²) in [5.74, 6) is -0.579. The van der Waals surface area contributed by atoms with Gasteiger partial charge in [-0.15, -0.1) is 11.3 Å². The minimum Gasteiger partial charge on any atom is -0.332 e. The van der Waals surface area contributed by atoms with Crippen LogP contribution in [0.25, 0.3) is 0 Å². The second-order valence-corrected chi connectivity index (χ2v) is 9.14. The highest BCUT2D eigenvalue weighted by Gasteiger charge is 2.26. The van der Waals surface area contributed by atoms with Gasteiger partial charge in [0, 0.05) is 28.3 Å². The molecule has 2 amide bonds. The number of amides is 2. The molecule has 0 N–H and O–H groups in total. The van der Waals surface area contributed by atoms with E-state index in [1.807, 2.05) is 46.8 Å². The molecule has 0 aliphatic rings. The van der Waals surface area contributed by atoms with E-state index in [0.717, 1.165) is 16.9 Å². The molecule has 1 aromatic carbocycles. The van der Waals surface area contributed by atoms with Gasteiger partial charge >= 0.3 is 0 Å². The number of nitrogens with zero attached hydrogens (tertiary/aromatic N) is 2. The Hall–Kier alpha value is -2.21. The zero-order chi connectivity index (χ0) is 21.6. The fraction of sp³-hybridized carbons (Fsp3) is 0.478. The number of hydrogen-bond donors (Lipinski definition) is 0. The summed E-state index contributed by atoms with van der Waals surface area (Å²) in [7, 11) is 0. The average molecular weight is 419 g/mol. The molecular formula is C23H31FN2O2S. The number of benzene rings is 1. The third-order valence-electron chi connectivity index (χ3n) is 4.99. The summed E-state index contributed by atoms with van der Waals surface area (Å²) in [6.45, 7) is 10.6. The number of thiophene rings is 1. The molecule has 0 saturated heterocycles. The van der Waals surface area contributed by atoms with Crippen LogP contribution < -0.4 is 0 Å². The Kier molecular flexibility index (Phi) is 8.38. The van der Waals surface area contributed by atoms with Crippen molar-refractivity contribution in [2.75, 3.05) is 6.54 Å². The first-order chi connectivity index (χ1) is 13.7. The van der Waals surface area contributed by atoms with Gasteiger partial charge in [-0.1, -0.05) is 32.9 Å². The molecule has 1 heterocycles. The van der Waals surface area contributed by atoms with Gasteiger partial charge in [-0.05, 0) is 50.1 Å². The minimum absolute atomic E-state index is 0.00879. The van der Waals surface area contributed by atoms with Gasteiger partial charge in [0.25, 0.3) is 0 Å². The van der Waals surface area contributed by atoms with Crippen LogP contribution in [0.5, 0.6) is 0 Å². The minimum atomic E-state index is -0.300. The van der Waals surface area contributed by atoms with Gasteiger partial charge in [0.2, 0.25) is 11.8 Å². The summed E-state index contributed by atoms with van der Waals surface area (Å²) in [5, 5.41) is 0. The maximum atomic E-state index is 13.3. The Morgan fingerprint density at radius 3 is 2.21 bits per heavy atom. The molecule has 0 aliphatic heterocycles. The molecule has 0 radical (unpaired) electrons. The summed E-state index contributed by atoms with van der Waals surface area (Å²) in [6.07, 6.45) is 0.786. The van der Waals surface area contributed by atoms with Gasteiger partial charge in [-0.3, -0.25) is 9.59 Å². The number of carbonyl (C=O) groups is 2. The van der Waals surface area contributed by atoms with Crippen LogP contribution in [0.2, 0.25) is 0 Å². The van der Waals surface area contributed by atoms with E-state index in [-0.39, 0.29) is 36.1 Å². The van der Waals surface area contributed by atoms with Gasteiger partial charge in [0.15, 0.2) is 0 Å². The third-order valence-corrected chi connectivity index (χ3v) is 5.97. The van der Waals surface area contributed by atoms with E-state index < -0.39 is 0 Å². The van der Waals surface area contributed by atoms with E-state index in [0.29, 0.717) is 13.1 Å². The van der Waals surface area contributed by atoms with E-state index >= 15 is 0 Å². The van der Waals surface area contributed by atoms with Crippen LogP contribution in [0.4, 0.5) is 4.39 Å². The summed E-state index contributed by atoms with van der Waals surface area (Å²) in [4.78, 5) is 31.6. The molecule has 29 heavy (non-hydrogen) atoms. The summed E-state index contributed by atoms with van der Waals surface area (Å²) < 4.78 is 13.3. The lowest BCUT2D eigenvalue weighted by molar-refractivity contribution is -0.144. The highest BCUT2D eigenvalue weighted by molar-refractivity contribution is 7.11. The molecule has 0 saturated carbocycles. The standard InChI is InChI=1S/C23H31FN2O2S/c1-6-17(4)26(23(28)16(2)3)15-22(27)25(14-21-12-7-18(5)29-21)13-19-8-10-20(24)11-9-19/h7-12,16-17H,6,13-15H2,1-5H3/t17-/m1/s1. The molecule has 2 aromatic rings. The first-order valence-electron chi connectivity index (χ1n) is 10.1. The van der Waals surface area contributed by atoms with E-state index in [9.17, 15) is 14.0 Å². The number of carbonyl (C=O) groups excluding carboxylic acids is 2. The second kappa shape index (κ2) is 10.5. The average Bonchev–Trinajstić information content (AvgIpc) is 3.10. The lowest BCUT2D eigenvalue weighted by Crippen LogP contribution is -2.47. The predicted octanol–water partition coefficient (Wildman–Crippen LogP) is 5.01. The third kappa shape index (κ3) is 6.67. The van der Waals surface area contributed by atoms with Crippen molar-refractivity contribution in [3.8, 4) is 0 Å². The summed E-state index contributed by atoms with van der Waals surface area (Å²) in [5.41, 5.74) is 0.860. The first-order valence-corrected chi connectivity index (χ1v) is 10.9. The van der Waals surface area contributed by atoms with Crippen molar-refractivity contribution in [3.05, 3.63) is 57.5 Å². The highest BCUT2D eigenvalue weighted by Crippen LogP contribution is 2.20. The molecular weight excluding hydrogens is 387 g/mol. The molecule has 0 unspecified atom stereocenters. The molecule has 0 spiro atoms. The normalized spacial score (nSPS) is 12.1. The van der Waals surface area contributed by atoms with Crippen molar-refractivity contribution in [2.24, 2.45) is 5.92 Å². The van der Waals surface area contributed by atoms with E-state index in [2.05, 4.69) is 0 Å². The number of aryl methyl sites for hydroxylation is 1. The van der Waals surface area contributed by atoms with Gasteiger partial charge < -0.3 is 9.80 Å². The van der Waals surface area contributed by atoms with Crippen LogP contribution in [-0.4, -0.2) is 34.2 Å². The fourth-order valence-corrected chi connectivity index (χ4v) is 3.96. The molecule has 0 fully saturated rings. The van der Waals surface area contributed by atoms with Crippen molar-refractivity contribution in [1.29, 1.82) is 0 Å². The predicted molar refractivity (Wildman–Crippen MR) is 116 cm³/mol. The molecule has 0 aliphatic carbocycles. The molecule has 6 heteroatoms. The molecule has 4 nitrogen and oxygen atoms in total. The smallest absolute Gasteiger partial charge is 0.242 e. The number of halogens is 1. The highest BCUT2D eigenvalue weighted by atomic mass is 32.1. The maximum Gasteiger partial charge on any atom is 0.242 e. The van der Waals surface area contributed by atoms with Crippen LogP contribution >= 0.6 is 11.3 Å². The van der Waals surface area contributed by atoms with Crippen LogP contribution in [0.1, 0.15) is 49.4 Å². The molecule has 0 bridgehead atoms. The first kappa shape index (κ1) is 23.1. The number of rotatable bonds is 9. The zero-order valence-electron chi connectivity index (χ0n) is 17.9. The maximum absolute atomic E-state index is 13.3. The lowest BCUT2D eigenvalue weighted by Gasteiger charge is -2.32. The Morgan fingerprint density at radius 2 is 1.69 bits per heavy atom. The van der Waals surface area contributed by atoms with Crippen LogP contribution in [0.3, 0.4) is 0 Å². The van der Waals surface area contributed by atoms with Gasteiger partial charge in [-0.2, -0.15) is 0 Å². The van der Waals surface area contributed by atoms with Crippen molar-refractivity contribution in [1.82, 2.24) is 9.80 Å². The zero-order valence-corrected chi connectivity index (χ0v) is 18.8. The Bertz CT molecular complexity index is 817. The monoisotopic (exact) mass is 418 g/mol. The van der Waals surface area contributed by atoms with E-state index in [1.165, 1.54) is 17.0 Å². The Labute approximate surface area is 177 Å². The fourth-order valence-electron chi connectivity index (χ4n) is 3.05. The van der Waals surface area contributed by atoms with Gasteiger partial charge in [0.05, 0.1) is 6.54 Å². The van der Waals surface area contributed by atoms with Crippen LogP contribution in [0.15, 0.2) is 36.4 Å². The summed E-state index contributed by atoms with van der Waals surface area (Å²) >= 11 is 1.65. The molecule has 2 rings (SSSR count). The quantitative estimate of drug-likeness (QED) is 0.574. The second-order valence-electron chi connectivity index (χ2n) is 7.77. The van der Waals surface area contributed by atoms with Crippen molar-refractivity contribution in [2.45, 2.75) is 60.2 Å². The Morgan fingerprint density at radius 1 is 1.03 bits per heavy atom. The largest absolute Gasteiger partial charge is 0.332 e. The van der Waals surface area contributed by atoms with E-state index in [4.69, 9.17) is 0 Å². The Balaban J connectivity index is 2.23. The van der Waals surface area contributed by atoms with Crippen molar-refractivity contribution >= 4 is 23.2 Å². The molecule has 1 atom stereocenters. The van der Waals surface area contributed by atoms with E-state index in [1.54, 1.807) is 33.3 Å². The molecule has 158 valence electrons. The van der Waals surface area contributed by atoms with Gasteiger partial charge in [0.1, 0.15) is 12.4 Å². The van der Waals surface area contributed by atoms with Crippen molar-refractivity contribution in [3.63, 3.8) is 0 Å². The topological polar surface area (TPSA) is 40.6 Å². The number of hydrogen-bond acceptors (Lipinski definition) is 3.